The van der Waals surface area contributed by atoms with Gasteiger partial charge in [0.2, 0.25) is 0 Å². The Bertz CT molecular complexity index is 872. The summed E-state index contributed by atoms with van der Waals surface area (Å²) in [6, 6.07) is 5.75. The van der Waals surface area contributed by atoms with E-state index in [-0.39, 0.29) is 17.2 Å². The fourth-order valence-electron chi connectivity index (χ4n) is 3.69. The van der Waals surface area contributed by atoms with Crippen molar-refractivity contribution in [2.45, 2.75) is 60.1 Å². The summed E-state index contributed by atoms with van der Waals surface area (Å²) in [6.07, 6.45) is -4.50. The van der Waals surface area contributed by atoms with E-state index < -0.39 is 28.9 Å². The quantitative estimate of drug-likeness (QED) is 0.337. The molecule has 0 aromatic heterocycles. The Morgan fingerprint density at radius 3 is 2.22 bits per heavy atom. The molecular weight excluding hydrogens is 439 g/mol. The van der Waals surface area contributed by atoms with E-state index in [0.717, 1.165) is 24.3 Å². The molecular formula is C23H34F3N3O2S. The van der Waals surface area contributed by atoms with Gasteiger partial charge in [-0.2, -0.15) is 13.2 Å². The summed E-state index contributed by atoms with van der Waals surface area (Å²) < 4.78 is 43.1. The van der Waals surface area contributed by atoms with Crippen LogP contribution in [0.25, 0.3) is 0 Å². The molecule has 0 spiro atoms. The number of carboxylic acid groups (broad SMARTS) is 1. The lowest BCUT2D eigenvalue weighted by atomic mass is 9.96. The molecule has 1 aromatic carbocycles. The molecule has 2 rings (SSSR count). The number of hydrogen-bond acceptors (Lipinski definition) is 4. The van der Waals surface area contributed by atoms with Crippen LogP contribution in [0.5, 0.6) is 0 Å². The van der Waals surface area contributed by atoms with Crippen LogP contribution in [0.4, 0.5) is 24.5 Å². The van der Waals surface area contributed by atoms with E-state index in [4.69, 9.17) is 0 Å². The number of carboxylic acids is 1. The molecule has 0 amide bonds. The van der Waals surface area contributed by atoms with Gasteiger partial charge in [-0.3, -0.25) is 4.79 Å². The maximum Gasteiger partial charge on any atom is 0.434 e. The maximum absolute atomic E-state index is 13.3. The van der Waals surface area contributed by atoms with Crippen molar-refractivity contribution in [3.8, 4) is 0 Å². The number of thiol groups is 1. The van der Waals surface area contributed by atoms with Crippen molar-refractivity contribution in [1.29, 1.82) is 0 Å². The number of allylic oxidation sites excluding steroid dienone is 2. The molecule has 9 heteroatoms. The molecule has 2 unspecified atom stereocenters. The van der Waals surface area contributed by atoms with E-state index in [0.29, 0.717) is 17.5 Å². The average molecular weight is 474 g/mol. The summed E-state index contributed by atoms with van der Waals surface area (Å²) in [5, 5.41) is 9.17. The molecule has 32 heavy (non-hydrogen) atoms. The van der Waals surface area contributed by atoms with Gasteiger partial charge in [-0.25, -0.2) is 4.99 Å². The summed E-state index contributed by atoms with van der Waals surface area (Å²) in [5.41, 5.74) is 2.95. The number of alkyl halides is 3. The molecule has 2 atom stereocenters. The van der Waals surface area contributed by atoms with Crippen LogP contribution < -0.4 is 9.62 Å². The highest BCUT2D eigenvalue weighted by atomic mass is 32.2. The van der Waals surface area contributed by atoms with Gasteiger partial charge in [0, 0.05) is 18.0 Å². The number of hydrogen-bond donors (Lipinski definition) is 3. The standard InChI is InChI=1S/C23H34F3N3O2S/c1-14(2)11-29(12-15(3)4)20-8-7-18(16(5)9-21(30)31)10-19(20)28-32-13-27-22(17(32)6)23(24,25)26/h7-8,10,13-16,28,32H,9,11-12H2,1-6H3,(H,30,31). The lowest BCUT2D eigenvalue weighted by Gasteiger charge is -2.32. The van der Waals surface area contributed by atoms with E-state index in [1.54, 1.807) is 0 Å². The first-order chi connectivity index (χ1) is 14.8. The van der Waals surface area contributed by atoms with Gasteiger partial charge >= 0.3 is 12.1 Å². The molecule has 5 nitrogen and oxygen atoms in total. The highest BCUT2D eigenvalue weighted by molar-refractivity contribution is 8.32. The van der Waals surface area contributed by atoms with E-state index in [1.165, 1.54) is 12.5 Å². The van der Waals surface area contributed by atoms with Gasteiger partial charge in [-0.15, -0.1) is 11.1 Å². The number of carbonyl (C=O) groups is 1. The van der Waals surface area contributed by atoms with Crippen molar-refractivity contribution in [3.05, 3.63) is 34.4 Å². The molecule has 0 aliphatic carbocycles. The minimum absolute atomic E-state index is 0.0200. The zero-order chi connectivity index (χ0) is 24.2. The van der Waals surface area contributed by atoms with Crippen molar-refractivity contribution in [3.63, 3.8) is 0 Å². The third-order valence-corrected chi connectivity index (χ3v) is 6.86. The Kier molecular flexibility index (Phi) is 8.67. The predicted molar refractivity (Wildman–Crippen MR) is 129 cm³/mol. The van der Waals surface area contributed by atoms with Crippen LogP contribution in [0, 0.1) is 11.8 Å². The Morgan fingerprint density at radius 1 is 1.16 bits per heavy atom. The van der Waals surface area contributed by atoms with Crippen molar-refractivity contribution < 1.29 is 23.1 Å². The number of benzene rings is 1. The van der Waals surface area contributed by atoms with Crippen LogP contribution in [0.15, 0.2) is 33.8 Å². The summed E-state index contributed by atoms with van der Waals surface area (Å²) in [5.74, 6) is -0.328. The summed E-state index contributed by atoms with van der Waals surface area (Å²) in [7, 11) is 0. The van der Waals surface area contributed by atoms with Crippen LogP contribution >= 0.6 is 11.1 Å². The van der Waals surface area contributed by atoms with Crippen molar-refractivity contribution in [2.75, 3.05) is 22.7 Å². The first kappa shape index (κ1) is 26.1. The second kappa shape index (κ2) is 10.6. The van der Waals surface area contributed by atoms with Gasteiger partial charge in [0.1, 0.15) is 0 Å². The smallest absolute Gasteiger partial charge is 0.434 e. The highest BCUT2D eigenvalue weighted by Crippen LogP contribution is 2.47. The predicted octanol–water partition coefficient (Wildman–Crippen LogP) is 6.55. The van der Waals surface area contributed by atoms with Crippen LogP contribution in [0.2, 0.25) is 0 Å². The SMILES string of the molecule is CC1=C(C(F)(F)F)N=C[SH]1Nc1cc(C(C)CC(=O)O)ccc1N(CC(C)C)CC(C)C. The number of nitrogens with zero attached hydrogens (tertiary/aromatic N) is 2. The number of aliphatic imine (C=N–C) groups is 1. The van der Waals surface area contributed by atoms with Crippen LogP contribution in [-0.4, -0.2) is 35.9 Å². The number of nitrogens with one attached hydrogen (secondary N) is 1. The van der Waals surface area contributed by atoms with Gasteiger partial charge in [-0.05, 0) is 42.4 Å². The lowest BCUT2D eigenvalue weighted by molar-refractivity contribution is -0.137. The fraction of sp³-hybridized carbons (Fsp3) is 0.565. The van der Waals surface area contributed by atoms with Crippen molar-refractivity contribution in [2.24, 2.45) is 16.8 Å². The molecule has 0 saturated carbocycles. The first-order valence-corrected chi connectivity index (χ1v) is 12.2. The van der Waals surface area contributed by atoms with Crippen molar-refractivity contribution >= 4 is 34.0 Å². The largest absolute Gasteiger partial charge is 0.481 e. The minimum atomic E-state index is -4.48. The molecule has 0 saturated heterocycles. The van der Waals surface area contributed by atoms with Gasteiger partial charge in [0.25, 0.3) is 0 Å². The Hall–Kier alpha value is -2.16. The second-order valence-electron chi connectivity index (χ2n) is 9.13. The van der Waals surface area contributed by atoms with Crippen LogP contribution in [-0.2, 0) is 4.79 Å². The number of aliphatic carboxylic acids is 1. The van der Waals surface area contributed by atoms with Gasteiger partial charge in [0.05, 0.1) is 23.3 Å². The van der Waals surface area contributed by atoms with E-state index in [2.05, 4.69) is 42.3 Å². The van der Waals surface area contributed by atoms with E-state index in [1.807, 2.05) is 25.1 Å². The summed E-state index contributed by atoms with van der Waals surface area (Å²) >= 11 is -1.44. The van der Waals surface area contributed by atoms with Gasteiger partial charge < -0.3 is 14.7 Å². The van der Waals surface area contributed by atoms with Crippen LogP contribution in [0.1, 0.15) is 59.4 Å². The Balaban J connectivity index is 2.49. The van der Waals surface area contributed by atoms with Crippen LogP contribution in [0.3, 0.4) is 0 Å². The average Bonchev–Trinajstić information content (AvgIpc) is 3.00. The molecule has 0 fully saturated rings. The number of halogens is 3. The molecule has 1 aliphatic heterocycles. The van der Waals surface area contributed by atoms with E-state index in [9.17, 15) is 23.1 Å². The normalized spacial score (nSPS) is 18.5. The molecule has 180 valence electrons. The molecule has 1 aromatic rings. The molecule has 1 heterocycles. The fourth-order valence-corrected chi connectivity index (χ4v) is 5.17. The van der Waals surface area contributed by atoms with Gasteiger partial charge in [0.15, 0.2) is 5.70 Å². The highest BCUT2D eigenvalue weighted by Gasteiger charge is 2.38. The molecule has 2 N–H and O–H groups in total. The monoisotopic (exact) mass is 473 g/mol. The second-order valence-corrected chi connectivity index (χ2v) is 11.0. The number of anilines is 2. The van der Waals surface area contributed by atoms with Gasteiger partial charge in [-0.1, -0.05) is 40.7 Å². The lowest BCUT2D eigenvalue weighted by Crippen LogP contribution is -2.32. The Labute approximate surface area is 191 Å². The van der Waals surface area contributed by atoms with E-state index >= 15 is 0 Å². The Morgan fingerprint density at radius 2 is 1.75 bits per heavy atom. The molecule has 0 radical (unpaired) electrons. The number of rotatable bonds is 10. The van der Waals surface area contributed by atoms with Crippen molar-refractivity contribution in [1.82, 2.24) is 0 Å². The summed E-state index contributed by atoms with van der Waals surface area (Å²) in [4.78, 5) is 17.3. The topological polar surface area (TPSA) is 64.9 Å². The molecule has 1 aliphatic rings. The minimum Gasteiger partial charge on any atom is -0.481 e. The zero-order valence-electron chi connectivity index (χ0n) is 19.5. The summed E-state index contributed by atoms with van der Waals surface area (Å²) in [6.45, 7) is 13.4. The first-order valence-electron chi connectivity index (χ1n) is 10.8. The third kappa shape index (κ3) is 6.92. The zero-order valence-corrected chi connectivity index (χ0v) is 20.4. The molecule has 0 bridgehead atoms. The third-order valence-electron chi connectivity index (χ3n) is 5.10. The maximum atomic E-state index is 13.3.